The molecular weight excluding hydrogens is 599 g/mol. The van der Waals surface area contributed by atoms with Gasteiger partial charge in [0.2, 0.25) is 0 Å². The molecule has 0 aliphatic rings. The smallest absolute Gasteiger partial charge is 0.176 e. The summed E-state index contributed by atoms with van der Waals surface area (Å²) in [4.78, 5) is 4.62. The zero-order chi connectivity index (χ0) is 30.3. The van der Waals surface area contributed by atoms with Gasteiger partial charge in [0, 0.05) is 17.2 Å². The van der Waals surface area contributed by atoms with Gasteiger partial charge in [-0.1, -0.05) is 156 Å². The van der Waals surface area contributed by atoms with Crippen molar-refractivity contribution < 1.29 is 0 Å². The summed E-state index contributed by atoms with van der Waals surface area (Å²) < 4.78 is 0. The minimum atomic E-state index is 0.317. The maximum atomic E-state index is 7.97. The lowest BCUT2D eigenvalue weighted by molar-refractivity contribution is 1.02. The molecule has 0 aliphatic carbocycles. The summed E-state index contributed by atoms with van der Waals surface area (Å²) in [7, 11) is 0. The Hall–Kier alpha value is -4.75. The fraction of sp³-hybridized carbons (Fsp3) is 0. The van der Waals surface area contributed by atoms with Crippen molar-refractivity contribution in [3.8, 4) is 0 Å². The molecule has 2 heterocycles. The van der Waals surface area contributed by atoms with Crippen LogP contribution in [0.15, 0.2) is 151 Å². The zero-order valence-corrected chi connectivity index (χ0v) is 25.0. The minimum Gasteiger partial charge on any atom is -0.300 e. The molecule has 4 aromatic carbocycles. The number of hydrogen-bond donors (Lipinski definition) is 1. The summed E-state index contributed by atoms with van der Waals surface area (Å²) in [6.07, 6.45) is 2.92. The Labute approximate surface area is 265 Å². The lowest BCUT2D eigenvalue weighted by atomic mass is 10.0. The summed E-state index contributed by atoms with van der Waals surface area (Å²) in [5, 5.41) is 24.1. The molecule has 212 valence electrons. The molecule has 0 fully saturated rings. The van der Waals surface area contributed by atoms with Crippen LogP contribution in [-0.4, -0.2) is 31.8 Å². The summed E-state index contributed by atoms with van der Waals surface area (Å²) in [6.45, 7) is 0. The van der Waals surface area contributed by atoms with E-state index in [2.05, 4.69) is 25.4 Å². The maximum Gasteiger partial charge on any atom is 0.176 e. The first-order chi connectivity index (χ1) is 21.0. The Morgan fingerprint density at radius 2 is 0.907 bits per heavy atom. The Balaban J connectivity index is 0.000000165. The van der Waals surface area contributed by atoms with Gasteiger partial charge in [-0.15, -0.1) is 10.2 Å². The average Bonchev–Trinajstić information content (AvgIpc) is 3.05. The lowest BCUT2D eigenvalue weighted by Gasteiger charge is -2.07. The highest BCUT2D eigenvalue weighted by atomic mass is 35.5. The second-order valence-electron chi connectivity index (χ2n) is 8.73. The van der Waals surface area contributed by atoms with Crippen LogP contribution in [-0.2, 0) is 0 Å². The van der Waals surface area contributed by atoms with Gasteiger partial charge in [-0.2, -0.15) is 10.2 Å². The van der Waals surface area contributed by atoms with E-state index in [0.29, 0.717) is 26.7 Å². The average molecular weight is 624 g/mol. The van der Waals surface area contributed by atoms with Crippen molar-refractivity contribution in [3.05, 3.63) is 183 Å². The van der Waals surface area contributed by atoms with Crippen LogP contribution in [0.4, 0.5) is 5.82 Å². The number of aliphatic imine (C=N–C) groups is 1. The minimum absolute atomic E-state index is 0.317. The van der Waals surface area contributed by atoms with Gasteiger partial charge in [0.25, 0.3) is 0 Å². The van der Waals surface area contributed by atoms with E-state index in [1.165, 1.54) is 18.5 Å². The van der Waals surface area contributed by atoms with Crippen LogP contribution >= 0.6 is 34.8 Å². The Bertz CT molecular complexity index is 1650. The Morgan fingerprint density at radius 1 is 0.512 bits per heavy atom. The van der Waals surface area contributed by atoms with Crippen molar-refractivity contribution in [3.63, 3.8) is 0 Å². The quantitative estimate of drug-likeness (QED) is 0.194. The normalized spacial score (nSPS) is 9.84. The van der Waals surface area contributed by atoms with Gasteiger partial charge in [-0.25, -0.2) is 4.99 Å². The van der Waals surface area contributed by atoms with Crippen molar-refractivity contribution in [2.24, 2.45) is 4.99 Å². The molecule has 2 aromatic heterocycles. The van der Waals surface area contributed by atoms with Crippen LogP contribution in [0, 0.1) is 5.41 Å². The van der Waals surface area contributed by atoms with Gasteiger partial charge in [-0.05, 0) is 17.2 Å². The number of aromatic nitrogens is 4. The van der Waals surface area contributed by atoms with E-state index in [-0.39, 0.29) is 0 Å². The van der Waals surface area contributed by atoms with Gasteiger partial charge < -0.3 is 0 Å². The molecule has 0 saturated heterocycles. The number of hydrogen-bond acceptors (Lipinski definition) is 6. The molecule has 1 N–H and O–H groups in total. The van der Waals surface area contributed by atoms with Crippen LogP contribution in [0.5, 0.6) is 0 Å². The number of nitrogens with one attached hydrogen (secondary N) is 1. The van der Waals surface area contributed by atoms with Crippen LogP contribution in [0.1, 0.15) is 22.3 Å². The van der Waals surface area contributed by atoms with Gasteiger partial charge in [0.1, 0.15) is 0 Å². The van der Waals surface area contributed by atoms with Crippen LogP contribution in [0.25, 0.3) is 0 Å². The predicted octanol–water partition coefficient (Wildman–Crippen LogP) is 9.19. The molecule has 43 heavy (non-hydrogen) atoms. The van der Waals surface area contributed by atoms with E-state index >= 15 is 0 Å². The molecule has 0 saturated carbocycles. The largest absolute Gasteiger partial charge is 0.300 e. The van der Waals surface area contributed by atoms with Crippen LogP contribution in [0.2, 0.25) is 15.2 Å². The Kier molecular flexibility index (Phi) is 12.1. The van der Waals surface area contributed by atoms with Crippen molar-refractivity contribution in [1.82, 2.24) is 20.4 Å². The molecule has 6 rings (SSSR count). The molecule has 0 atom stereocenters. The Morgan fingerprint density at radius 3 is 1.28 bits per heavy atom. The number of nitrogens with zero attached hydrogens (tertiary/aromatic N) is 5. The summed E-state index contributed by atoms with van der Waals surface area (Å²) in [5.74, 6) is 0.491. The molecule has 0 spiro atoms. The zero-order valence-electron chi connectivity index (χ0n) is 22.7. The van der Waals surface area contributed by atoms with E-state index in [0.717, 1.165) is 28.0 Å². The third-order valence-corrected chi connectivity index (χ3v) is 6.24. The van der Waals surface area contributed by atoms with Gasteiger partial charge in [-0.3, -0.25) is 5.41 Å². The van der Waals surface area contributed by atoms with Crippen molar-refractivity contribution in [1.29, 1.82) is 5.41 Å². The van der Waals surface area contributed by atoms with Crippen LogP contribution < -0.4 is 0 Å². The molecular formula is C34H25Cl3N6. The fourth-order valence-electron chi connectivity index (χ4n) is 3.69. The third-order valence-electron chi connectivity index (χ3n) is 5.65. The molecule has 6 aromatic rings. The van der Waals surface area contributed by atoms with Gasteiger partial charge in [0.05, 0.1) is 33.9 Å². The van der Waals surface area contributed by atoms with Gasteiger partial charge in [0.15, 0.2) is 11.0 Å². The molecule has 6 nitrogen and oxygen atoms in total. The highest BCUT2D eigenvalue weighted by Gasteiger charge is 2.07. The molecule has 0 amide bonds. The fourth-order valence-corrected chi connectivity index (χ4v) is 4.19. The summed E-state index contributed by atoms with van der Waals surface area (Å²) >= 11 is 16.8. The maximum absolute atomic E-state index is 7.97. The highest BCUT2D eigenvalue weighted by Crippen LogP contribution is 2.18. The third kappa shape index (κ3) is 10.2. The monoisotopic (exact) mass is 622 g/mol. The number of rotatable bonds is 5. The summed E-state index contributed by atoms with van der Waals surface area (Å²) in [6, 6.07) is 42.7. The first-order valence-electron chi connectivity index (χ1n) is 13.0. The van der Waals surface area contributed by atoms with E-state index < -0.39 is 0 Å². The number of halogens is 3. The lowest BCUT2D eigenvalue weighted by Crippen LogP contribution is -2.03. The van der Waals surface area contributed by atoms with Crippen molar-refractivity contribution >= 4 is 52.0 Å². The van der Waals surface area contributed by atoms with Crippen molar-refractivity contribution in [2.75, 3.05) is 0 Å². The van der Waals surface area contributed by atoms with E-state index in [1.54, 1.807) is 6.07 Å². The first kappa shape index (κ1) is 31.2. The molecule has 0 unspecified atom stereocenters. The standard InChI is InChI=1S/C17H12ClN3.C13H11N.C4H2Cl2N2/c18-15-11-16(21-19-12-15)20-17(13-7-3-1-4-8-13)14-9-5-2-6-10-14;14-13(11-7-3-1-4-8-11)12-9-5-2-6-10-12;5-3-1-4(6)8-7-2-3/h1-12H;1-10,14H;1-2H. The predicted molar refractivity (Wildman–Crippen MR) is 176 cm³/mol. The van der Waals surface area contributed by atoms with Crippen molar-refractivity contribution in [2.45, 2.75) is 0 Å². The second-order valence-corrected chi connectivity index (χ2v) is 9.99. The van der Waals surface area contributed by atoms with Gasteiger partial charge >= 0.3 is 0 Å². The summed E-state index contributed by atoms with van der Waals surface area (Å²) in [5.41, 5.74) is 5.37. The molecule has 0 aliphatic heterocycles. The molecule has 9 heteroatoms. The highest BCUT2D eigenvalue weighted by molar-refractivity contribution is 6.33. The molecule has 0 radical (unpaired) electrons. The van der Waals surface area contributed by atoms with E-state index in [4.69, 9.17) is 40.2 Å². The number of benzene rings is 4. The SMILES string of the molecule is Clc1cnnc(Cl)c1.Clc1cnnc(N=C(c2ccccc2)c2ccccc2)c1.N=C(c1ccccc1)c1ccccc1. The van der Waals surface area contributed by atoms with E-state index in [1.807, 2.05) is 121 Å². The topological polar surface area (TPSA) is 87.8 Å². The van der Waals surface area contributed by atoms with Crippen LogP contribution in [0.3, 0.4) is 0 Å². The first-order valence-corrected chi connectivity index (χ1v) is 14.1. The molecule has 0 bridgehead atoms. The second kappa shape index (κ2) is 16.6. The van der Waals surface area contributed by atoms with E-state index in [9.17, 15) is 0 Å².